The topological polar surface area (TPSA) is 92.8 Å². The molecule has 0 saturated carbocycles. The van der Waals surface area contributed by atoms with Crippen LogP contribution in [0.15, 0.2) is 30.3 Å². The van der Waals surface area contributed by atoms with Crippen LogP contribution in [0.5, 0.6) is 17.2 Å². The number of aromatic hydroxyl groups is 1. The lowest BCUT2D eigenvalue weighted by Gasteiger charge is -2.14. The van der Waals surface area contributed by atoms with Gasteiger partial charge in [0.2, 0.25) is 0 Å². The molecule has 2 aromatic rings. The lowest BCUT2D eigenvalue weighted by Crippen LogP contribution is -2.32. The first-order valence-electron chi connectivity index (χ1n) is 7.77. The minimum atomic E-state index is -1.02. The Bertz CT molecular complexity index is 757. The zero-order chi connectivity index (χ0) is 18.6. The number of hydrogen-bond acceptors (Lipinski definition) is 4. The molecule has 2 aromatic carbocycles. The van der Waals surface area contributed by atoms with E-state index >= 15 is 0 Å². The van der Waals surface area contributed by atoms with Gasteiger partial charge in [0, 0.05) is 0 Å². The van der Waals surface area contributed by atoms with Gasteiger partial charge in [-0.2, -0.15) is 0 Å². The molecule has 1 atom stereocenters. The maximum Gasteiger partial charge on any atom is 0.320 e. The molecule has 25 heavy (non-hydrogen) atoms. The second kappa shape index (κ2) is 9.04. The molecule has 0 heterocycles. The Labute approximate surface area is 173 Å². The van der Waals surface area contributed by atoms with Gasteiger partial charge in [0.05, 0.1) is 7.14 Å². The molecule has 0 unspecified atom stereocenters. The fourth-order valence-corrected chi connectivity index (χ4v) is 4.50. The van der Waals surface area contributed by atoms with E-state index in [4.69, 9.17) is 15.6 Å². The third kappa shape index (κ3) is 5.45. The van der Waals surface area contributed by atoms with E-state index < -0.39 is 12.0 Å². The van der Waals surface area contributed by atoms with Crippen LogP contribution >= 0.6 is 45.2 Å². The number of ether oxygens (including phenoxy) is 1. The highest BCUT2D eigenvalue weighted by Gasteiger charge is 2.16. The van der Waals surface area contributed by atoms with E-state index in [1.54, 1.807) is 12.1 Å². The fraction of sp³-hybridized carbons (Fsp3) is 0.278. The number of phenols is 1. The molecular weight excluding hydrogens is 548 g/mol. The first-order valence-corrected chi connectivity index (χ1v) is 9.93. The molecule has 5 nitrogen and oxygen atoms in total. The van der Waals surface area contributed by atoms with Gasteiger partial charge in [-0.25, -0.2) is 0 Å². The Kier molecular flexibility index (Phi) is 7.32. The molecule has 0 bridgehead atoms. The Morgan fingerprint density at radius 3 is 2.44 bits per heavy atom. The number of carboxylic acids is 1. The lowest BCUT2D eigenvalue weighted by molar-refractivity contribution is -0.138. The molecule has 0 saturated heterocycles. The summed E-state index contributed by atoms with van der Waals surface area (Å²) in [5.74, 6) is 0.628. The van der Waals surface area contributed by atoms with Crippen LogP contribution in [0, 0.1) is 7.14 Å². The van der Waals surface area contributed by atoms with Gasteiger partial charge in [-0.05, 0) is 99.5 Å². The van der Waals surface area contributed by atoms with Crippen molar-refractivity contribution in [3.63, 3.8) is 0 Å². The van der Waals surface area contributed by atoms with Crippen LogP contribution in [0.3, 0.4) is 0 Å². The summed E-state index contributed by atoms with van der Waals surface area (Å²) in [6, 6.07) is 8.06. The quantitative estimate of drug-likeness (QED) is 0.435. The minimum Gasteiger partial charge on any atom is -0.508 e. The molecule has 0 fully saturated rings. The standard InChI is InChI=1S/C18H19I2NO4/c1-2-3-11-9-12(4-5-16(11)22)25-17-13(19)6-10(7-14(17)20)8-15(21)18(23)24/h4-7,9,15,22H,2-3,8,21H2,1H3,(H,23,24)/t15-/m0/s1. The summed E-state index contributed by atoms with van der Waals surface area (Å²) in [7, 11) is 0. The summed E-state index contributed by atoms with van der Waals surface area (Å²) in [4.78, 5) is 10.9. The van der Waals surface area contributed by atoms with E-state index in [1.165, 1.54) is 0 Å². The average Bonchev–Trinajstić information content (AvgIpc) is 2.54. The molecule has 2 rings (SSSR count). The highest BCUT2D eigenvalue weighted by atomic mass is 127. The number of carbonyl (C=O) groups is 1. The molecule has 0 aromatic heterocycles. The van der Waals surface area contributed by atoms with Crippen molar-refractivity contribution in [3.05, 3.63) is 48.6 Å². The predicted molar refractivity (Wildman–Crippen MR) is 113 cm³/mol. The summed E-state index contributed by atoms with van der Waals surface area (Å²) in [6.45, 7) is 2.05. The molecule has 7 heteroatoms. The van der Waals surface area contributed by atoms with Crippen LogP contribution < -0.4 is 10.5 Å². The van der Waals surface area contributed by atoms with E-state index in [0.717, 1.165) is 31.1 Å². The molecule has 0 aliphatic carbocycles. The number of aryl methyl sites for hydroxylation is 1. The van der Waals surface area contributed by atoms with Gasteiger partial charge in [-0.15, -0.1) is 0 Å². The van der Waals surface area contributed by atoms with Gasteiger partial charge in [0.25, 0.3) is 0 Å². The molecule has 0 radical (unpaired) electrons. The SMILES string of the molecule is CCCc1cc(Oc2c(I)cc(C[C@H](N)C(=O)O)cc2I)ccc1O. The second-order valence-corrected chi connectivity index (χ2v) is 8.00. The lowest BCUT2D eigenvalue weighted by atomic mass is 10.1. The summed E-state index contributed by atoms with van der Waals surface area (Å²) in [5.41, 5.74) is 7.32. The minimum absolute atomic E-state index is 0.265. The smallest absolute Gasteiger partial charge is 0.320 e. The van der Waals surface area contributed by atoms with E-state index in [1.807, 2.05) is 18.2 Å². The molecule has 0 aliphatic rings. The number of aliphatic carboxylic acids is 1. The Morgan fingerprint density at radius 2 is 1.88 bits per heavy atom. The number of hydrogen-bond donors (Lipinski definition) is 3. The van der Waals surface area contributed by atoms with Crippen LogP contribution in [0.1, 0.15) is 24.5 Å². The summed E-state index contributed by atoms with van der Waals surface area (Å²) in [5, 5.41) is 18.8. The summed E-state index contributed by atoms with van der Waals surface area (Å²) < 4.78 is 7.77. The summed E-state index contributed by atoms with van der Waals surface area (Å²) >= 11 is 4.33. The first kappa shape index (κ1) is 20.2. The molecule has 0 amide bonds. The first-order chi connectivity index (χ1) is 11.8. The van der Waals surface area contributed by atoms with Crippen molar-refractivity contribution in [1.29, 1.82) is 0 Å². The van der Waals surface area contributed by atoms with Crippen molar-refractivity contribution < 1.29 is 19.7 Å². The average molecular weight is 567 g/mol. The normalized spacial score (nSPS) is 12.0. The fourth-order valence-electron chi connectivity index (χ4n) is 2.38. The van der Waals surface area contributed by atoms with E-state index in [-0.39, 0.29) is 12.2 Å². The molecule has 0 spiro atoms. The van der Waals surface area contributed by atoms with Crippen molar-refractivity contribution in [2.24, 2.45) is 5.73 Å². The zero-order valence-electron chi connectivity index (χ0n) is 13.6. The number of nitrogens with two attached hydrogens (primary N) is 1. The largest absolute Gasteiger partial charge is 0.508 e. The third-order valence-electron chi connectivity index (χ3n) is 3.62. The van der Waals surface area contributed by atoms with Crippen LogP contribution in [-0.4, -0.2) is 22.2 Å². The van der Waals surface area contributed by atoms with Crippen molar-refractivity contribution in [3.8, 4) is 17.2 Å². The van der Waals surface area contributed by atoms with Crippen LogP contribution in [0.25, 0.3) is 0 Å². The van der Waals surface area contributed by atoms with Gasteiger partial charge in [0.1, 0.15) is 17.5 Å². The van der Waals surface area contributed by atoms with E-state index in [9.17, 15) is 9.90 Å². The second-order valence-electron chi connectivity index (χ2n) is 5.68. The van der Waals surface area contributed by atoms with E-state index in [0.29, 0.717) is 11.5 Å². The Hall–Kier alpha value is -1.07. The number of rotatable bonds is 7. The highest BCUT2D eigenvalue weighted by Crippen LogP contribution is 2.34. The molecule has 0 aliphatic heterocycles. The maximum absolute atomic E-state index is 10.9. The van der Waals surface area contributed by atoms with Gasteiger partial charge < -0.3 is 20.7 Å². The van der Waals surface area contributed by atoms with Crippen LogP contribution in [0.2, 0.25) is 0 Å². The Balaban J connectivity index is 2.25. The molecule has 134 valence electrons. The van der Waals surface area contributed by atoms with Gasteiger partial charge in [-0.3, -0.25) is 4.79 Å². The van der Waals surface area contributed by atoms with Gasteiger partial charge >= 0.3 is 5.97 Å². The zero-order valence-corrected chi connectivity index (χ0v) is 17.9. The Morgan fingerprint density at radius 1 is 1.24 bits per heavy atom. The van der Waals surface area contributed by atoms with Crippen LogP contribution in [-0.2, 0) is 17.6 Å². The van der Waals surface area contributed by atoms with Crippen LogP contribution in [0.4, 0.5) is 0 Å². The highest BCUT2D eigenvalue weighted by molar-refractivity contribution is 14.1. The predicted octanol–water partition coefficient (Wildman–Crippen LogP) is 4.30. The van der Waals surface area contributed by atoms with Gasteiger partial charge in [-0.1, -0.05) is 13.3 Å². The summed E-state index contributed by atoms with van der Waals surface area (Å²) in [6.07, 6.45) is 1.98. The third-order valence-corrected chi connectivity index (χ3v) is 5.22. The van der Waals surface area contributed by atoms with Crippen molar-refractivity contribution in [2.75, 3.05) is 0 Å². The van der Waals surface area contributed by atoms with Crippen molar-refractivity contribution in [1.82, 2.24) is 0 Å². The van der Waals surface area contributed by atoms with Crippen molar-refractivity contribution >= 4 is 51.2 Å². The molecule has 4 N–H and O–H groups in total. The van der Waals surface area contributed by atoms with E-state index in [2.05, 4.69) is 52.1 Å². The number of halogens is 2. The number of phenolic OH excluding ortho intramolecular Hbond substituents is 1. The van der Waals surface area contributed by atoms with Gasteiger partial charge in [0.15, 0.2) is 5.75 Å². The monoisotopic (exact) mass is 567 g/mol. The number of benzene rings is 2. The molecular formula is C18H19I2NO4. The maximum atomic E-state index is 10.9. The number of carboxylic acid groups (broad SMARTS) is 1. The van der Waals surface area contributed by atoms with Crippen molar-refractivity contribution in [2.45, 2.75) is 32.2 Å².